The van der Waals surface area contributed by atoms with Gasteiger partial charge in [-0.25, -0.2) is 0 Å². The van der Waals surface area contributed by atoms with Crippen LogP contribution in [-0.2, 0) is 0 Å². The number of rotatable bonds is 6. The zero-order chi connectivity index (χ0) is 20.8. The Balaban J connectivity index is 1.62. The van der Waals surface area contributed by atoms with Crippen molar-refractivity contribution in [3.8, 4) is 0 Å². The average Bonchev–Trinajstić information content (AvgIpc) is 2.82. The van der Waals surface area contributed by atoms with E-state index in [1.54, 1.807) is 18.5 Å². The van der Waals surface area contributed by atoms with Crippen LogP contribution in [0.25, 0.3) is 0 Å². The van der Waals surface area contributed by atoms with Gasteiger partial charge in [0.15, 0.2) is 0 Å². The lowest BCUT2D eigenvalue weighted by Crippen LogP contribution is -2.59. The topological polar surface area (TPSA) is 74.5 Å². The van der Waals surface area contributed by atoms with Gasteiger partial charge in [-0.05, 0) is 23.3 Å². The summed E-state index contributed by atoms with van der Waals surface area (Å²) in [5.74, 6) is 5.76. The number of nitrogens with zero attached hydrogens (tertiary/aromatic N) is 3. The zero-order valence-corrected chi connectivity index (χ0v) is 16.9. The second kappa shape index (κ2) is 9.63. The van der Waals surface area contributed by atoms with E-state index < -0.39 is 0 Å². The van der Waals surface area contributed by atoms with Gasteiger partial charge in [-0.2, -0.15) is 0 Å². The van der Waals surface area contributed by atoms with Gasteiger partial charge in [0.05, 0.1) is 11.6 Å². The SMILES string of the molecule is NNCC1CN(C(=O)c2cccnc2)CCN1C(c1ccccc1)c1ccccc1. The van der Waals surface area contributed by atoms with Crippen LogP contribution in [0.4, 0.5) is 0 Å². The van der Waals surface area contributed by atoms with Gasteiger partial charge in [-0.3, -0.25) is 25.9 Å². The van der Waals surface area contributed by atoms with Gasteiger partial charge in [0, 0.05) is 44.6 Å². The third-order valence-corrected chi connectivity index (χ3v) is 5.64. The molecule has 1 saturated heterocycles. The first-order valence-electron chi connectivity index (χ1n) is 10.3. The fraction of sp³-hybridized carbons (Fsp3) is 0.250. The van der Waals surface area contributed by atoms with E-state index in [4.69, 9.17) is 5.84 Å². The summed E-state index contributed by atoms with van der Waals surface area (Å²) in [6.45, 7) is 2.61. The quantitative estimate of drug-likeness (QED) is 0.490. The molecule has 0 aliphatic carbocycles. The molecule has 3 N–H and O–H groups in total. The summed E-state index contributed by atoms with van der Waals surface area (Å²) in [5.41, 5.74) is 5.92. The minimum atomic E-state index is 0.0146. The van der Waals surface area contributed by atoms with Crippen LogP contribution in [0.3, 0.4) is 0 Å². The molecule has 1 fully saturated rings. The van der Waals surface area contributed by atoms with Crippen molar-refractivity contribution in [1.82, 2.24) is 20.2 Å². The number of carbonyl (C=O) groups is 1. The Morgan fingerprint density at radius 2 is 1.67 bits per heavy atom. The minimum absolute atomic E-state index is 0.0146. The smallest absolute Gasteiger partial charge is 0.255 e. The number of pyridine rings is 1. The Kier molecular flexibility index (Phi) is 6.49. The van der Waals surface area contributed by atoms with Crippen LogP contribution in [0.1, 0.15) is 27.5 Å². The number of hydrogen-bond donors (Lipinski definition) is 2. The molecular weight excluding hydrogens is 374 g/mol. The number of hydrazine groups is 1. The highest BCUT2D eigenvalue weighted by atomic mass is 16.2. The molecule has 3 aromatic rings. The van der Waals surface area contributed by atoms with Gasteiger partial charge in [-0.15, -0.1) is 0 Å². The maximum atomic E-state index is 13.0. The lowest BCUT2D eigenvalue weighted by molar-refractivity contribution is 0.0384. The van der Waals surface area contributed by atoms with Crippen LogP contribution in [0.5, 0.6) is 0 Å². The van der Waals surface area contributed by atoms with Crippen LogP contribution >= 0.6 is 0 Å². The van der Waals surface area contributed by atoms with Gasteiger partial charge >= 0.3 is 0 Å². The van der Waals surface area contributed by atoms with Crippen molar-refractivity contribution in [2.45, 2.75) is 12.1 Å². The first-order chi connectivity index (χ1) is 14.8. The minimum Gasteiger partial charge on any atom is -0.336 e. The predicted molar refractivity (Wildman–Crippen MR) is 118 cm³/mol. The number of carbonyl (C=O) groups excluding carboxylic acids is 1. The lowest BCUT2D eigenvalue weighted by atomic mass is 9.94. The first kappa shape index (κ1) is 20.2. The molecule has 6 nitrogen and oxygen atoms in total. The molecule has 2 heterocycles. The van der Waals surface area contributed by atoms with Gasteiger partial charge < -0.3 is 4.90 Å². The number of aromatic nitrogens is 1. The highest BCUT2D eigenvalue weighted by Crippen LogP contribution is 2.32. The van der Waals surface area contributed by atoms with Gasteiger partial charge in [0.1, 0.15) is 0 Å². The van der Waals surface area contributed by atoms with Crippen molar-refractivity contribution >= 4 is 5.91 Å². The molecule has 2 aromatic carbocycles. The Hall–Kier alpha value is -3.06. The monoisotopic (exact) mass is 401 g/mol. The second-order valence-electron chi connectivity index (χ2n) is 7.52. The Morgan fingerprint density at radius 3 is 2.23 bits per heavy atom. The van der Waals surface area contributed by atoms with Crippen molar-refractivity contribution < 1.29 is 4.79 Å². The van der Waals surface area contributed by atoms with Gasteiger partial charge in [0.25, 0.3) is 5.91 Å². The molecule has 6 heteroatoms. The number of piperazine rings is 1. The summed E-state index contributed by atoms with van der Waals surface area (Å²) in [5, 5.41) is 0. The molecule has 30 heavy (non-hydrogen) atoms. The molecular formula is C24H27N5O. The third-order valence-electron chi connectivity index (χ3n) is 5.64. The molecule has 0 saturated carbocycles. The van der Waals surface area contributed by atoms with E-state index in [0.717, 1.165) is 6.54 Å². The Morgan fingerprint density at radius 1 is 1.00 bits per heavy atom. The van der Waals surface area contributed by atoms with E-state index in [0.29, 0.717) is 25.2 Å². The number of nitrogens with two attached hydrogens (primary N) is 1. The standard InChI is InChI=1S/C24H27N5O/c25-27-17-22-18-28(24(30)21-12-7-13-26-16-21)14-15-29(22)23(19-8-3-1-4-9-19)20-10-5-2-6-11-20/h1-13,16,22-23,27H,14-15,17-18,25H2. The van der Waals surface area contributed by atoms with Gasteiger partial charge in [-0.1, -0.05) is 60.7 Å². The van der Waals surface area contributed by atoms with Crippen LogP contribution in [-0.4, -0.2) is 52.9 Å². The second-order valence-corrected chi connectivity index (χ2v) is 7.52. The summed E-state index contributed by atoms with van der Waals surface area (Å²) in [6.07, 6.45) is 3.31. The maximum Gasteiger partial charge on any atom is 0.255 e. The first-order valence-corrected chi connectivity index (χ1v) is 10.3. The summed E-state index contributed by atoms with van der Waals surface area (Å²) < 4.78 is 0. The molecule has 0 spiro atoms. The molecule has 1 aromatic heterocycles. The fourth-order valence-electron chi connectivity index (χ4n) is 4.23. The molecule has 0 radical (unpaired) electrons. The van der Waals surface area contributed by atoms with Crippen molar-refractivity contribution in [1.29, 1.82) is 0 Å². The summed E-state index contributed by atoms with van der Waals surface area (Å²) >= 11 is 0. The van der Waals surface area contributed by atoms with Gasteiger partial charge in [0.2, 0.25) is 0 Å². The highest BCUT2D eigenvalue weighted by molar-refractivity contribution is 5.94. The molecule has 1 amide bonds. The van der Waals surface area contributed by atoms with Crippen LogP contribution in [0.15, 0.2) is 85.2 Å². The van der Waals surface area contributed by atoms with Crippen LogP contribution in [0.2, 0.25) is 0 Å². The number of amides is 1. The number of hydrogen-bond acceptors (Lipinski definition) is 5. The third kappa shape index (κ3) is 4.41. The van der Waals surface area contributed by atoms with Crippen molar-refractivity contribution in [2.24, 2.45) is 5.84 Å². The lowest BCUT2D eigenvalue weighted by Gasteiger charge is -2.45. The predicted octanol–water partition coefficient (Wildman–Crippen LogP) is 2.46. The molecule has 154 valence electrons. The molecule has 1 atom stereocenters. The molecule has 1 aliphatic heterocycles. The van der Waals surface area contributed by atoms with E-state index in [9.17, 15) is 4.79 Å². The summed E-state index contributed by atoms with van der Waals surface area (Å²) in [4.78, 5) is 21.4. The Bertz CT molecular complexity index is 896. The van der Waals surface area contributed by atoms with Crippen LogP contribution in [0, 0.1) is 0 Å². The summed E-state index contributed by atoms with van der Waals surface area (Å²) in [7, 11) is 0. The highest BCUT2D eigenvalue weighted by Gasteiger charge is 2.35. The molecule has 1 aliphatic rings. The zero-order valence-electron chi connectivity index (χ0n) is 16.9. The molecule has 4 rings (SSSR count). The average molecular weight is 402 g/mol. The number of benzene rings is 2. The summed E-state index contributed by atoms with van der Waals surface area (Å²) in [6, 6.07) is 24.8. The van der Waals surface area contributed by atoms with E-state index in [1.807, 2.05) is 23.1 Å². The van der Waals surface area contributed by atoms with Crippen molar-refractivity contribution in [2.75, 3.05) is 26.2 Å². The largest absolute Gasteiger partial charge is 0.336 e. The van der Waals surface area contributed by atoms with Crippen molar-refractivity contribution in [3.63, 3.8) is 0 Å². The number of nitrogens with one attached hydrogen (secondary N) is 1. The fourth-order valence-corrected chi connectivity index (χ4v) is 4.23. The van der Waals surface area contributed by atoms with Crippen molar-refractivity contribution in [3.05, 3.63) is 102 Å². The maximum absolute atomic E-state index is 13.0. The van der Waals surface area contributed by atoms with E-state index in [-0.39, 0.29) is 18.0 Å². The van der Waals surface area contributed by atoms with E-state index in [2.05, 4.69) is 63.8 Å². The van der Waals surface area contributed by atoms with E-state index in [1.165, 1.54) is 11.1 Å². The molecule has 1 unspecified atom stereocenters. The Labute approximate surface area is 177 Å². The van der Waals surface area contributed by atoms with Crippen LogP contribution < -0.4 is 11.3 Å². The van der Waals surface area contributed by atoms with E-state index >= 15 is 0 Å². The normalized spacial score (nSPS) is 17.3. The molecule has 0 bridgehead atoms.